The Bertz CT molecular complexity index is 6930. The summed E-state index contributed by atoms with van der Waals surface area (Å²) in [5, 5.41) is 24.2. The summed E-state index contributed by atoms with van der Waals surface area (Å²) in [5.41, 5.74) is 16.3. The van der Waals surface area contributed by atoms with Gasteiger partial charge in [-0.3, -0.25) is 24.3 Å². The number of benzene rings is 11. The molecule has 0 spiro atoms. The van der Waals surface area contributed by atoms with Crippen molar-refractivity contribution in [3.05, 3.63) is 368 Å². The van der Waals surface area contributed by atoms with Gasteiger partial charge in [0.2, 0.25) is 0 Å². The van der Waals surface area contributed by atoms with E-state index in [1.165, 1.54) is 39.1 Å². The SMILES string of the molecule is CC(C)c1ccc(C2c3[nH]c4ccc(Br)cc4c3CCN2C(=O)Oc2ccc(Cl)cc2)cc1.CCOC(=O)N1CCc2c([nH]c3ccc(Cl)cc23)C1c1ccc(OCCCn2ccnn2)cc1.O=C(Oc1ccc(Cl)cc1)N1CCc2c([nH]c3ccc(Br)cc23)C1c1ccc(C(F)(F)F)cc1.O=C(Oc1ccc(Cl)cc1)N1CCc2c([nH]c3ccc(Cl)cc23)C1c1ccc(OCCO)cc1. The number of nitrogens with zero attached hydrogens (tertiary/aromatic N) is 7. The minimum atomic E-state index is -4.45. The number of amides is 4. The first kappa shape index (κ1) is 94.3. The van der Waals surface area contributed by atoms with Gasteiger partial charge in [-0.1, -0.05) is 170 Å². The molecule has 5 aromatic heterocycles. The lowest BCUT2D eigenvalue weighted by Gasteiger charge is -2.35. The molecule has 32 heteroatoms. The monoisotopic (exact) mass is 2050 g/mol. The molecule has 692 valence electrons. The largest absolute Gasteiger partial charge is 0.494 e. The quantitative estimate of drug-likeness (QED) is 0.0533. The number of hydrogen-bond acceptors (Lipinski definition) is 13. The highest BCUT2D eigenvalue weighted by Gasteiger charge is 2.42. The summed E-state index contributed by atoms with van der Waals surface area (Å²) >= 11 is 37.5. The number of nitrogens with one attached hydrogen (secondary N) is 4. The maximum atomic E-state index is 13.3. The van der Waals surface area contributed by atoms with Crippen molar-refractivity contribution in [1.82, 2.24) is 54.5 Å². The van der Waals surface area contributed by atoms with Crippen LogP contribution < -0.4 is 23.7 Å². The molecule has 0 radical (unpaired) electrons. The molecule has 20 rings (SSSR count). The van der Waals surface area contributed by atoms with E-state index in [9.17, 15) is 32.3 Å². The highest BCUT2D eigenvalue weighted by atomic mass is 79.9. The molecular formula is C103H89Br2Cl5F3N11O11. The number of aromatic amines is 4. The van der Waals surface area contributed by atoms with Gasteiger partial charge in [0.25, 0.3) is 0 Å². The number of aryl methyl sites for hydroxylation is 1. The molecule has 4 amide bonds. The summed E-state index contributed by atoms with van der Waals surface area (Å²) in [6.45, 7) is 9.94. The average Bonchev–Trinajstić information content (AvgIpc) is 1.63. The van der Waals surface area contributed by atoms with E-state index in [-0.39, 0.29) is 43.5 Å². The maximum Gasteiger partial charge on any atom is 0.416 e. The van der Waals surface area contributed by atoms with Crippen molar-refractivity contribution in [2.45, 2.75) is 95.7 Å². The third-order valence-electron chi connectivity index (χ3n) is 24.1. The summed E-state index contributed by atoms with van der Waals surface area (Å²) in [5.74, 6) is 3.10. The van der Waals surface area contributed by atoms with E-state index in [2.05, 4.69) is 112 Å². The van der Waals surface area contributed by atoms with Gasteiger partial charge in [0.1, 0.15) is 59.5 Å². The second kappa shape index (κ2) is 41.8. The van der Waals surface area contributed by atoms with E-state index in [0.717, 1.165) is 141 Å². The maximum absolute atomic E-state index is 13.3. The van der Waals surface area contributed by atoms with E-state index in [4.69, 9.17) is 91.5 Å². The first-order valence-corrected chi connectivity index (χ1v) is 47.3. The Hall–Kier alpha value is -12.4. The number of aliphatic hydroxyl groups is 1. The third-order valence-corrected chi connectivity index (χ3v) is 26.3. The van der Waals surface area contributed by atoms with Gasteiger partial charge in [-0.2, -0.15) is 13.2 Å². The number of rotatable bonds is 17. The fourth-order valence-corrected chi connectivity index (χ4v) is 19.2. The zero-order valence-corrected chi connectivity index (χ0v) is 79.9. The lowest BCUT2D eigenvalue weighted by molar-refractivity contribution is -0.137. The second-order valence-electron chi connectivity index (χ2n) is 32.9. The first-order valence-electron chi connectivity index (χ1n) is 43.8. The van der Waals surface area contributed by atoms with Crippen molar-refractivity contribution in [3.8, 4) is 28.7 Å². The van der Waals surface area contributed by atoms with Crippen LogP contribution in [0.5, 0.6) is 28.7 Å². The van der Waals surface area contributed by atoms with Crippen LogP contribution in [-0.2, 0) is 43.1 Å². The molecule has 4 aliphatic rings. The van der Waals surface area contributed by atoms with Gasteiger partial charge in [-0.05, 0) is 271 Å². The van der Waals surface area contributed by atoms with Gasteiger partial charge in [0.05, 0.1) is 31.6 Å². The molecule has 0 saturated carbocycles. The predicted octanol–water partition coefficient (Wildman–Crippen LogP) is 26.6. The molecule has 0 fully saturated rings. The topological polar surface area (TPSA) is 251 Å². The normalized spacial score (nSPS) is 15.5. The fourth-order valence-electron chi connectivity index (χ4n) is 17.8. The van der Waals surface area contributed by atoms with Crippen LogP contribution in [0, 0.1) is 0 Å². The average molecular weight is 2050 g/mol. The standard InChI is InChI=1S/C27H24BrClN2O2.C26H22Cl2N2O4.C25H17BrClF3N2O2.C25H26ClN5O3/c1-16(2)17-3-5-18(6-4-17)26-25-22(23-15-19(28)7-12-24(23)30-25)13-14-31(26)27(32)33-21-10-8-20(29)9-11-21;27-17-3-8-20(9-4-17)34-26(32)30-12-11-21-22-15-18(28)5-10-23(22)29-24(21)25(30)16-1-6-19(7-2-16)33-14-13-31;26-16-5-10-21-20(13-16)19-11-12-32(24(33)34-18-8-6-17(27)7-9-18)23(22(19)31-21)14-1-3-15(4-2-14)25(28,29)30;1-2-33-25(32)31-13-10-20-21-16-18(26)6-9-22(21)28-23(20)24(31)17-4-7-19(8-5-17)34-15-3-12-30-14-11-27-29-30/h3-12,15-16,26,30H,13-14H2,1-2H3;1-10,15,25,29,31H,11-14H2;1-10,13,23,31H,11-12H2;4-9,11,14,16,24,28H,2-3,10,12-13,15H2,1H3. The van der Waals surface area contributed by atoms with Crippen LogP contribution in [0.4, 0.5) is 32.3 Å². The lowest BCUT2D eigenvalue weighted by atomic mass is 9.91. The number of aromatic nitrogens is 7. The number of halogens is 10. The van der Waals surface area contributed by atoms with Crippen LogP contribution in [-0.4, -0.2) is 137 Å². The van der Waals surface area contributed by atoms with E-state index in [1.807, 2.05) is 127 Å². The number of hydrogen-bond donors (Lipinski definition) is 5. The Morgan fingerprint density at radius 1 is 0.430 bits per heavy atom. The summed E-state index contributed by atoms with van der Waals surface area (Å²) in [7, 11) is 0. The van der Waals surface area contributed by atoms with Crippen LogP contribution in [0.1, 0.15) is 136 Å². The number of alkyl halides is 3. The minimum absolute atomic E-state index is 0.0598. The minimum Gasteiger partial charge on any atom is -0.494 e. The number of carbonyl (C=O) groups is 4. The molecule has 4 atom stereocenters. The number of carbonyl (C=O) groups excluding carboxylic acids is 4. The van der Waals surface area contributed by atoms with Gasteiger partial charge < -0.3 is 53.5 Å². The zero-order valence-electron chi connectivity index (χ0n) is 73.0. The Labute approximate surface area is 816 Å². The molecule has 4 aliphatic heterocycles. The van der Waals surface area contributed by atoms with Crippen LogP contribution in [0.2, 0.25) is 25.1 Å². The lowest BCUT2D eigenvalue weighted by Crippen LogP contribution is -2.42. The first-order chi connectivity index (χ1) is 65.3. The highest BCUT2D eigenvalue weighted by molar-refractivity contribution is 9.10. The Morgan fingerprint density at radius 2 is 0.756 bits per heavy atom. The summed E-state index contributed by atoms with van der Waals surface area (Å²) in [4.78, 5) is 73.6. The summed E-state index contributed by atoms with van der Waals surface area (Å²) in [6, 6.07) is 70.9. The van der Waals surface area contributed by atoms with Crippen LogP contribution >= 0.6 is 89.9 Å². The van der Waals surface area contributed by atoms with Crippen molar-refractivity contribution < 1.29 is 65.9 Å². The third kappa shape index (κ3) is 21.5. The van der Waals surface area contributed by atoms with Gasteiger partial charge in [0, 0.05) is 146 Å². The van der Waals surface area contributed by atoms with Crippen molar-refractivity contribution in [2.24, 2.45) is 0 Å². The zero-order chi connectivity index (χ0) is 94.3. The molecule has 4 unspecified atom stereocenters. The van der Waals surface area contributed by atoms with Crippen LogP contribution in [0.25, 0.3) is 43.6 Å². The molecule has 16 aromatic rings. The van der Waals surface area contributed by atoms with E-state index < -0.39 is 30.0 Å². The molecule has 0 aliphatic carbocycles. The number of aliphatic hydroxyl groups excluding tert-OH is 1. The molecule has 22 nitrogen and oxygen atoms in total. The van der Waals surface area contributed by atoms with Crippen molar-refractivity contribution in [2.75, 3.05) is 52.6 Å². The number of H-pyrrole nitrogens is 4. The number of fused-ring (bicyclic) bond motifs is 12. The molecule has 9 heterocycles. The highest BCUT2D eigenvalue weighted by Crippen LogP contribution is 2.47. The van der Waals surface area contributed by atoms with Gasteiger partial charge in [0.15, 0.2) is 0 Å². The van der Waals surface area contributed by atoms with Crippen molar-refractivity contribution in [3.63, 3.8) is 0 Å². The number of ether oxygens (including phenoxy) is 6. The van der Waals surface area contributed by atoms with Crippen LogP contribution in [0.15, 0.2) is 264 Å². The van der Waals surface area contributed by atoms with Crippen molar-refractivity contribution >= 4 is 158 Å². The van der Waals surface area contributed by atoms with E-state index in [0.29, 0.717) is 112 Å². The Kier molecular flexibility index (Phi) is 29.2. The predicted molar refractivity (Wildman–Crippen MR) is 525 cm³/mol. The molecule has 11 aromatic carbocycles. The smallest absolute Gasteiger partial charge is 0.416 e. The molecule has 135 heavy (non-hydrogen) atoms. The van der Waals surface area contributed by atoms with Gasteiger partial charge in [-0.15, -0.1) is 5.10 Å². The second-order valence-corrected chi connectivity index (χ2v) is 36.9. The Morgan fingerprint density at radius 3 is 1.10 bits per heavy atom. The van der Waals surface area contributed by atoms with Gasteiger partial charge in [-0.25, -0.2) is 19.2 Å². The summed E-state index contributed by atoms with van der Waals surface area (Å²) < 4.78 is 77.0. The van der Waals surface area contributed by atoms with E-state index in [1.54, 1.807) is 93.5 Å². The van der Waals surface area contributed by atoms with Crippen LogP contribution in [0.3, 0.4) is 0 Å². The van der Waals surface area contributed by atoms with Crippen molar-refractivity contribution in [1.29, 1.82) is 0 Å². The molecule has 0 saturated heterocycles. The summed E-state index contributed by atoms with van der Waals surface area (Å²) in [6.07, 6.45) is 0.857. The van der Waals surface area contributed by atoms with E-state index >= 15 is 0 Å². The fraction of sp³-hybridized carbons (Fsp3) is 0.223. The molecule has 0 bridgehead atoms. The molecular weight excluding hydrogens is 1960 g/mol. The van der Waals surface area contributed by atoms with Gasteiger partial charge >= 0.3 is 30.5 Å². The molecule has 5 N–H and O–H groups in total. The Balaban J connectivity index is 0.000000125.